The van der Waals surface area contributed by atoms with Crippen LogP contribution < -0.4 is 0 Å². The minimum absolute atomic E-state index is 0.0162. The third kappa shape index (κ3) is 5.65. The molecular weight excluding hydrogens is 152 g/mol. The van der Waals surface area contributed by atoms with Crippen LogP contribution in [0.2, 0.25) is 0 Å². The highest BCUT2D eigenvalue weighted by atomic mass is 16.1. The van der Waals surface area contributed by atoms with E-state index in [-0.39, 0.29) is 5.78 Å². The number of nitrogens with one attached hydrogen (secondary N) is 1. The van der Waals surface area contributed by atoms with Crippen molar-refractivity contribution in [2.24, 2.45) is 0 Å². The zero-order valence-electron chi connectivity index (χ0n) is 8.51. The summed E-state index contributed by atoms with van der Waals surface area (Å²) in [6.45, 7) is 9.49. The Bertz CT molecular complexity index is 180. The van der Waals surface area contributed by atoms with E-state index < -0.39 is 0 Å². The van der Waals surface area contributed by atoms with Gasteiger partial charge in [0.2, 0.25) is 0 Å². The van der Waals surface area contributed by atoms with Gasteiger partial charge < -0.3 is 4.98 Å². The Hall–Kier alpha value is -1.12. The number of ketones is 1. The molecule has 1 rings (SSSR count). The topological polar surface area (TPSA) is 45.8 Å². The molecule has 0 radical (unpaired) electrons. The largest absolute Gasteiger partial charge is 0.342 e. The number of nitrogens with zero attached hydrogens (tertiary/aromatic N) is 1. The van der Waals surface area contributed by atoms with Crippen molar-refractivity contribution >= 4 is 5.78 Å². The van der Waals surface area contributed by atoms with E-state index in [4.69, 9.17) is 0 Å². The highest BCUT2D eigenvalue weighted by molar-refractivity contribution is 5.91. The van der Waals surface area contributed by atoms with Gasteiger partial charge in [-0.25, -0.2) is 4.98 Å². The summed E-state index contributed by atoms with van der Waals surface area (Å²) in [6, 6.07) is 0. The van der Waals surface area contributed by atoms with Gasteiger partial charge in [-0.05, 0) is 0 Å². The Kier molecular flexibility index (Phi) is 11.1. The van der Waals surface area contributed by atoms with Crippen molar-refractivity contribution in [1.29, 1.82) is 0 Å². The van der Waals surface area contributed by atoms with Crippen LogP contribution in [0.15, 0.2) is 12.5 Å². The summed E-state index contributed by atoms with van der Waals surface area (Å²) >= 11 is 0. The number of Topliss-reactive ketones (excluding diaryl/α,β-unsaturated/α-hetero) is 1. The summed E-state index contributed by atoms with van der Waals surface area (Å²) < 4.78 is 0. The maximum Gasteiger partial charge on any atom is 0.177 e. The molecule has 0 unspecified atom stereocenters. The van der Waals surface area contributed by atoms with E-state index in [0.29, 0.717) is 5.69 Å². The highest BCUT2D eigenvalue weighted by Crippen LogP contribution is 1.89. The molecule has 0 aliphatic carbocycles. The van der Waals surface area contributed by atoms with Crippen LogP contribution in [-0.2, 0) is 0 Å². The van der Waals surface area contributed by atoms with E-state index in [9.17, 15) is 4.79 Å². The molecular formula is C9H18N2O. The SMILES string of the molecule is CC.CC.CC(=O)c1cnc[nH]1. The zero-order chi connectivity index (χ0) is 9.98. The van der Waals surface area contributed by atoms with E-state index in [0.717, 1.165) is 0 Å². The Balaban J connectivity index is 0. The molecule has 0 saturated carbocycles. The predicted molar refractivity (Wildman–Crippen MR) is 51.3 cm³/mol. The van der Waals surface area contributed by atoms with E-state index >= 15 is 0 Å². The number of carbonyl (C=O) groups excluding carboxylic acids is 1. The number of imidazole rings is 1. The number of hydrogen-bond acceptors (Lipinski definition) is 2. The molecule has 3 heteroatoms. The van der Waals surface area contributed by atoms with E-state index in [2.05, 4.69) is 9.97 Å². The van der Waals surface area contributed by atoms with Crippen molar-refractivity contribution in [3.8, 4) is 0 Å². The molecule has 1 heterocycles. The van der Waals surface area contributed by atoms with Crippen LogP contribution in [-0.4, -0.2) is 15.8 Å². The van der Waals surface area contributed by atoms with Gasteiger partial charge in [0.05, 0.1) is 12.5 Å². The quantitative estimate of drug-likeness (QED) is 0.658. The fourth-order valence-electron chi connectivity index (χ4n) is 0.448. The second-order valence-electron chi connectivity index (χ2n) is 1.52. The molecule has 70 valence electrons. The predicted octanol–water partition coefficient (Wildman–Crippen LogP) is 2.66. The van der Waals surface area contributed by atoms with Crippen LogP contribution in [0, 0.1) is 0 Å². The molecule has 3 nitrogen and oxygen atoms in total. The summed E-state index contributed by atoms with van der Waals surface area (Å²) in [5.41, 5.74) is 0.560. The molecule has 0 bridgehead atoms. The Morgan fingerprint density at radius 2 is 1.83 bits per heavy atom. The average molecular weight is 170 g/mol. The lowest BCUT2D eigenvalue weighted by molar-refractivity contribution is 0.101. The molecule has 1 aromatic heterocycles. The molecule has 1 N–H and O–H groups in total. The molecule has 0 fully saturated rings. The lowest BCUT2D eigenvalue weighted by Gasteiger charge is -1.80. The van der Waals surface area contributed by atoms with Gasteiger partial charge in [-0.2, -0.15) is 0 Å². The molecule has 0 saturated heterocycles. The summed E-state index contributed by atoms with van der Waals surface area (Å²) in [7, 11) is 0. The standard InChI is InChI=1S/C5H6N2O.2C2H6/c1-4(8)5-2-6-3-7-5;2*1-2/h2-3H,1H3,(H,6,7);2*1-2H3. The van der Waals surface area contributed by atoms with Crippen molar-refractivity contribution in [3.63, 3.8) is 0 Å². The molecule has 0 aliphatic heterocycles. The monoisotopic (exact) mass is 170 g/mol. The van der Waals surface area contributed by atoms with Gasteiger partial charge in [-0.3, -0.25) is 4.79 Å². The van der Waals surface area contributed by atoms with Crippen molar-refractivity contribution < 1.29 is 4.79 Å². The number of H-pyrrole nitrogens is 1. The van der Waals surface area contributed by atoms with Crippen molar-refractivity contribution in [1.82, 2.24) is 9.97 Å². The first-order valence-corrected chi connectivity index (χ1v) is 4.30. The van der Waals surface area contributed by atoms with Crippen molar-refractivity contribution in [2.45, 2.75) is 34.6 Å². The minimum Gasteiger partial charge on any atom is -0.342 e. The number of rotatable bonds is 1. The molecule has 0 spiro atoms. The van der Waals surface area contributed by atoms with Gasteiger partial charge in [-0.15, -0.1) is 0 Å². The zero-order valence-corrected chi connectivity index (χ0v) is 8.51. The van der Waals surface area contributed by atoms with Gasteiger partial charge in [-0.1, -0.05) is 27.7 Å². The van der Waals surface area contributed by atoms with E-state index in [1.54, 1.807) is 0 Å². The lowest BCUT2D eigenvalue weighted by atomic mass is 10.3. The summed E-state index contributed by atoms with van der Waals surface area (Å²) in [5.74, 6) is 0.0162. The van der Waals surface area contributed by atoms with Crippen LogP contribution in [0.1, 0.15) is 45.1 Å². The summed E-state index contributed by atoms with van der Waals surface area (Å²) in [4.78, 5) is 16.8. The van der Waals surface area contributed by atoms with Gasteiger partial charge in [0.1, 0.15) is 5.69 Å². The number of aromatic amines is 1. The van der Waals surface area contributed by atoms with Crippen LogP contribution in [0.4, 0.5) is 0 Å². The molecule has 0 aliphatic rings. The van der Waals surface area contributed by atoms with E-state index in [1.165, 1.54) is 19.4 Å². The first-order chi connectivity index (χ1) is 5.80. The normalized spacial score (nSPS) is 7.08. The van der Waals surface area contributed by atoms with Crippen LogP contribution in [0.5, 0.6) is 0 Å². The number of aromatic nitrogens is 2. The lowest BCUT2D eigenvalue weighted by Crippen LogP contribution is -1.89. The first-order valence-electron chi connectivity index (χ1n) is 4.30. The Morgan fingerprint density at radius 3 is 2.00 bits per heavy atom. The summed E-state index contributed by atoms with van der Waals surface area (Å²) in [6.07, 6.45) is 2.99. The molecule has 0 aromatic carbocycles. The fourth-order valence-corrected chi connectivity index (χ4v) is 0.448. The maximum atomic E-state index is 10.4. The third-order valence-electron chi connectivity index (χ3n) is 0.878. The molecule has 1 aromatic rings. The Morgan fingerprint density at radius 1 is 1.33 bits per heavy atom. The van der Waals surface area contributed by atoms with Gasteiger partial charge >= 0.3 is 0 Å². The van der Waals surface area contributed by atoms with Crippen LogP contribution >= 0.6 is 0 Å². The smallest absolute Gasteiger partial charge is 0.177 e. The number of hydrogen-bond donors (Lipinski definition) is 1. The molecule has 0 amide bonds. The number of carbonyl (C=O) groups is 1. The summed E-state index contributed by atoms with van der Waals surface area (Å²) in [5, 5.41) is 0. The first kappa shape index (κ1) is 13.5. The van der Waals surface area contributed by atoms with Gasteiger partial charge in [0.25, 0.3) is 0 Å². The van der Waals surface area contributed by atoms with Crippen molar-refractivity contribution in [2.75, 3.05) is 0 Å². The van der Waals surface area contributed by atoms with Gasteiger partial charge in [0.15, 0.2) is 5.78 Å². The van der Waals surface area contributed by atoms with Crippen LogP contribution in [0.25, 0.3) is 0 Å². The maximum absolute atomic E-state index is 10.4. The minimum atomic E-state index is 0.0162. The fraction of sp³-hybridized carbons (Fsp3) is 0.556. The Labute approximate surface area is 74.2 Å². The second kappa shape index (κ2) is 9.88. The van der Waals surface area contributed by atoms with Crippen LogP contribution in [0.3, 0.4) is 0 Å². The second-order valence-corrected chi connectivity index (χ2v) is 1.52. The highest BCUT2D eigenvalue weighted by Gasteiger charge is 1.95. The van der Waals surface area contributed by atoms with Crippen molar-refractivity contribution in [3.05, 3.63) is 18.2 Å². The molecule has 0 atom stereocenters. The third-order valence-corrected chi connectivity index (χ3v) is 0.878. The molecule has 12 heavy (non-hydrogen) atoms. The average Bonchev–Trinajstić information content (AvgIpc) is 2.64. The van der Waals surface area contributed by atoms with Gasteiger partial charge in [0, 0.05) is 6.92 Å². The van der Waals surface area contributed by atoms with E-state index in [1.807, 2.05) is 27.7 Å².